The van der Waals surface area contributed by atoms with Gasteiger partial charge in [-0.2, -0.15) is 16.1 Å². The molecule has 2 rings (SSSR count). The molecule has 1 aromatic rings. The van der Waals surface area contributed by atoms with Gasteiger partial charge < -0.3 is 0 Å². The molecule has 3 nitrogen and oxygen atoms in total. The Morgan fingerprint density at radius 2 is 2.21 bits per heavy atom. The molecule has 1 saturated heterocycles. The zero-order valence-corrected chi connectivity index (χ0v) is 14.3. The Labute approximate surface area is 127 Å². The van der Waals surface area contributed by atoms with E-state index in [0.29, 0.717) is 23.2 Å². The molecule has 1 aromatic carbocycles. The molecule has 1 fully saturated rings. The van der Waals surface area contributed by atoms with Crippen LogP contribution in [0.25, 0.3) is 0 Å². The number of halogens is 1. The lowest BCUT2D eigenvalue weighted by Crippen LogP contribution is -2.41. The second-order valence-electron chi connectivity index (χ2n) is 4.68. The zero-order valence-electron chi connectivity index (χ0n) is 11.1. The van der Waals surface area contributed by atoms with Crippen LogP contribution in [0.4, 0.5) is 0 Å². The first-order chi connectivity index (χ1) is 8.95. The maximum Gasteiger partial charge on any atom is 0.243 e. The fourth-order valence-corrected chi connectivity index (χ4v) is 5.29. The molecular weight excluding hydrogens is 346 g/mol. The molecule has 106 valence electrons. The highest BCUT2D eigenvalue weighted by Crippen LogP contribution is 2.27. The first-order valence-corrected chi connectivity index (χ1v) is 9.61. The van der Waals surface area contributed by atoms with Gasteiger partial charge >= 0.3 is 0 Å². The smallest absolute Gasteiger partial charge is 0.207 e. The van der Waals surface area contributed by atoms with Crippen LogP contribution in [0.5, 0.6) is 0 Å². The highest BCUT2D eigenvalue weighted by molar-refractivity contribution is 9.10. The van der Waals surface area contributed by atoms with E-state index in [1.165, 1.54) is 0 Å². The third-order valence-corrected chi connectivity index (χ3v) is 7.45. The minimum Gasteiger partial charge on any atom is -0.207 e. The Hall–Kier alpha value is -0.0400. The van der Waals surface area contributed by atoms with E-state index in [2.05, 4.69) is 22.9 Å². The number of rotatable bonds is 3. The van der Waals surface area contributed by atoms with Crippen LogP contribution in [-0.2, 0) is 10.0 Å². The fourth-order valence-electron chi connectivity index (χ4n) is 2.08. The summed E-state index contributed by atoms with van der Waals surface area (Å²) in [5.74, 6) is 0.882. The molecule has 0 radical (unpaired) electrons. The van der Waals surface area contributed by atoms with Crippen LogP contribution in [0.2, 0.25) is 0 Å². The van der Waals surface area contributed by atoms with Gasteiger partial charge in [-0.1, -0.05) is 22.9 Å². The number of hydrogen-bond donors (Lipinski definition) is 0. The van der Waals surface area contributed by atoms with Crippen molar-refractivity contribution in [2.24, 2.45) is 0 Å². The molecule has 0 aromatic heterocycles. The summed E-state index contributed by atoms with van der Waals surface area (Å²) in [6.45, 7) is 5.25. The minimum absolute atomic E-state index is 0.398. The molecule has 6 heteroatoms. The molecule has 1 atom stereocenters. The number of sulfonamides is 1. The van der Waals surface area contributed by atoms with Crippen LogP contribution in [-0.4, -0.2) is 36.8 Å². The average molecular weight is 364 g/mol. The normalized spacial score (nSPS) is 21.5. The van der Waals surface area contributed by atoms with Crippen molar-refractivity contribution in [3.8, 4) is 0 Å². The number of aryl methyl sites for hydroxylation is 1. The van der Waals surface area contributed by atoms with Gasteiger partial charge in [0.2, 0.25) is 10.0 Å². The number of thioether (sulfide) groups is 1. The van der Waals surface area contributed by atoms with Crippen LogP contribution in [0, 0.1) is 6.92 Å². The Kier molecular flexibility index (Phi) is 4.98. The van der Waals surface area contributed by atoms with E-state index in [9.17, 15) is 8.42 Å². The zero-order chi connectivity index (χ0) is 14.0. The molecule has 0 spiro atoms. The van der Waals surface area contributed by atoms with Gasteiger partial charge in [-0.25, -0.2) is 8.42 Å². The average Bonchev–Trinajstić information content (AvgIpc) is 2.41. The number of nitrogens with zero attached hydrogens (tertiary/aromatic N) is 1. The van der Waals surface area contributed by atoms with Crippen LogP contribution >= 0.6 is 27.7 Å². The van der Waals surface area contributed by atoms with Crippen molar-refractivity contribution in [1.82, 2.24) is 4.31 Å². The van der Waals surface area contributed by atoms with E-state index >= 15 is 0 Å². The lowest BCUT2D eigenvalue weighted by molar-refractivity contribution is 0.416. The first-order valence-electron chi connectivity index (χ1n) is 6.33. The fraction of sp³-hybridized carbons (Fsp3) is 0.538. The van der Waals surface area contributed by atoms with E-state index in [-0.39, 0.29) is 0 Å². The molecule has 1 aliphatic rings. The van der Waals surface area contributed by atoms with E-state index in [0.717, 1.165) is 22.2 Å². The maximum atomic E-state index is 12.6. The van der Waals surface area contributed by atoms with Gasteiger partial charge in [0.15, 0.2) is 0 Å². The monoisotopic (exact) mass is 363 g/mol. The molecule has 0 saturated carbocycles. The molecule has 0 aliphatic carbocycles. The van der Waals surface area contributed by atoms with Crippen molar-refractivity contribution in [3.63, 3.8) is 0 Å². The van der Waals surface area contributed by atoms with Gasteiger partial charge in [-0.3, -0.25) is 0 Å². The largest absolute Gasteiger partial charge is 0.243 e. The van der Waals surface area contributed by atoms with Crippen LogP contribution < -0.4 is 0 Å². The summed E-state index contributed by atoms with van der Waals surface area (Å²) in [6.07, 6.45) is 1.01. The molecule has 1 unspecified atom stereocenters. The molecule has 19 heavy (non-hydrogen) atoms. The summed E-state index contributed by atoms with van der Waals surface area (Å²) in [6, 6.07) is 5.22. The summed E-state index contributed by atoms with van der Waals surface area (Å²) in [4.78, 5) is 0.398. The van der Waals surface area contributed by atoms with Gasteiger partial charge in [-0.05, 0) is 37.1 Å². The van der Waals surface area contributed by atoms with Crippen LogP contribution in [0.15, 0.2) is 27.6 Å². The van der Waals surface area contributed by atoms with Crippen molar-refractivity contribution >= 4 is 37.7 Å². The van der Waals surface area contributed by atoms with Crippen molar-refractivity contribution in [1.29, 1.82) is 0 Å². The van der Waals surface area contributed by atoms with Gasteiger partial charge in [-0.15, -0.1) is 0 Å². The number of benzene rings is 1. The highest BCUT2D eigenvalue weighted by Gasteiger charge is 2.29. The van der Waals surface area contributed by atoms with Crippen LogP contribution in [0.1, 0.15) is 18.9 Å². The molecule has 1 heterocycles. The molecule has 0 amide bonds. The Morgan fingerprint density at radius 3 is 2.84 bits per heavy atom. The quantitative estimate of drug-likeness (QED) is 0.826. The third kappa shape index (κ3) is 3.35. The summed E-state index contributed by atoms with van der Waals surface area (Å²) in [5.41, 5.74) is 0.944. The molecular formula is C13H18BrNO2S2. The van der Waals surface area contributed by atoms with Gasteiger partial charge in [0.25, 0.3) is 0 Å². The SMILES string of the molecule is CCC1CN(S(=O)(=O)c2ccc(Br)c(C)c2)CCS1. The summed E-state index contributed by atoms with van der Waals surface area (Å²) < 4.78 is 27.8. The molecule has 0 bridgehead atoms. The maximum absolute atomic E-state index is 12.6. The molecule has 1 aliphatic heterocycles. The minimum atomic E-state index is -3.35. The summed E-state index contributed by atoms with van der Waals surface area (Å²) in [7, 11) is -3.35. The van der Waals surface area contributed by atoms with Gasteiger partial charge in [0.05, 0.1) is 4.90 Å². The second kappa shape index (κ2) is 6.16. The van der Waals surface area contributed by atoms with Crippen molar-refractivity contribution in [3.05, 3.63) is 28.2 Å². The lowest BCUT2D eigenvalue weighted by atomic mass is 10.2. The Morgan fingerprint density at radius 1 is 1.47 bits per heavy atom. The Balaban J connectivity index is 2.28. The van der Waals surface area contributed by atoms with Gasteiger partial charge in [0, 0.05) is 28.6 Å². The molecule has 0 N–H and O–H groups in total. The van der Waals surface area contributed by atoms with Crippen molar-refractivity contribution < 1.29 is 8.42 Å². The standard InChI is InChI=1S/C13H18BrNO2S2/c1-3-11-9-15(6-7-18-11)19(16,17)12-4-5-13(14)10(2)8-12/h4-5,8,11H,3,6-7,9H2,1-2H3. The highest BCUT2D eigenvalue weighted by atomic mass is 79.9. The predicted molar refractivity (Wildman–Crippen MR) is 84.2 cm³/mol. The Bertz CT molecular complexity index is 560. The van der Waals surface area contributed by atoms with E-state index in [4.69, 9.17) is 0 Å². The van der Waals surface area contributed by atoms with Crippen molar-refractivity contribution in [2.75, 3.05) is 18.8 Å². The van der Waals surface area contributed by atoms with Gasteiger partial charge in [0.1, 0.15) is 0 Å². The summed E-state index contributed by atoms with van der Waals surface area (Å²) >= 11 is 5.27. The summed E-state index contributed by atoms with van der Waals surface area (Å²) in [5, 5.41) is 0.417. The van der Waals surface area contributed by atoms with Crippen LogP contribution in [0.3, 0.4) is 0 Å². The number of hydrogen-bond acceptors (Lipinski definition) is 3. The van der Waals surface area contributed by atoms with Crippen molar-refractivity contribution in [2.45, 2.75) is 30.4 Å². The second-order valence-corrected chi connectivity index (χ2v) is 8.88. The van der Waals surface area contributed by atoms with E-state index in [1.807, 2.05) is 18.7 Å². The van der Waals surface area contributed by atoms with E-state index < -0.39 is 10.0 Å². The predicted octanol–water partition coefficient (Wildman–Crippen LogP) is 3.27. The van der Waals surface area contributed by atoms with E-state index in [1.54, 1.807) is 22.5 Å². The lowest BCUT2D eigenvalue weighted by Gasteiger charge is -2.31. The third-order valence-electron chi connectivity index (χ3n) is 3.32. The topological polar surface area (TPSA) is 37.4 Å². The first kappa shape index (κ1) is 15.4.